The molecule has 7 aromatic carbocycles. The molecule has 0 amide bonds. The number of thiazole rings is 1. The van der Waals surface area contributed by atoms with Gasteiger partial charge in [-0.2, -0.15) is 0 Å². The first-order valence-corrected chi connectivity index (χ1v) is 18.5. The van der Waals surface area contributed by atoms with E-state index in [0.717, 1.165) is 78.0 Å². The number of aryl methyl sites for hydroxylation is 1. The molecule has 0 saturated carbocycles. The van der Waals surface area contributed by atoms with E-state index < -0.39 is 0 Å². The molecule has 1 aliphatic rings. The van der Waals surface area contributed by atoms with Crippen LogP contribution in [0, 0.1) is 0 Å². The summed E-state index contributed by atoms with van der Waals surface area (Å²) < 4.78 is 37.7. The molecular formula is C45H30N4S2. The van der Waals surface area contributed by atoms with Gasteiger partial charge in [-0.3, -0.25) is 0 Å². The average Bonchev–Trinajstić information content (AvgIpc) is 3.96. The number of rotatable bonds is 6. The van der Waals surface area contributed by atoms with Crippen molar-refractivity contribution in [1.29, 1.82) is 0 Å². The van der Waals surface area contributed by atoms with Crippen molar-refractivity contribution in [2.75, 3.05) is 4.90 Å². The van der Waals surface area contributed by atoms with Gasteiger partial charge < -0.3 is 4.90 Å². The molecule has 0 spiro atoms. The predicted molar refractivity (Wildman–Crippen MR) is 216 cm³/mol. The van der Waals surface area contributed by atoms with Gasteiger partial charge in [0.15, 0.2) is 0 Å². The number of hydrogen-bond acceptors (Lipinski definition) is 6. The Morgan fingerprint density at radius 1 is 0.588 bits per heavy atom. The van der Waals surface area contributed by atoms with Gasteiger partial charge in [0.25, 0.3) is 0 Å². The fourth-order valence-electron chi connectivity index (χ4n) is 7.00. The van der Waals surface area contributed by atoms with E-state index >= 15 is 0 Å². The maximum atomic E-state index is 9.70. The van der Waals surface area contributed by atoms with Gasteiger partial charge in [-0.1, -0.05) is 96.2 Å². The zero-order valence-corrected chi connectivity index (χ0v) is 28.9. The summed E-state index contributed by atoms with van der Waals surface area (Å²) in [5.74, 6) is 0. The minimum atomic E-state index is 0.102. The molecule has 0 radical (unpaired) electrons. The Bertz CT molecular complexity index is 2880. The first-order chi connectivity index (χ1) is 26.9. The first-order valence-electron chi connectivity index (χ1n) is 18.8. The van der Waals surface area contributed by atoms with Crippen molar-refractivity contribution in [3.05, 3.63) is 167 Å². The average molecular weight is 695 g/mol. The number of benzene rings is 7. The molecule has 0 unspecified atom stereocenters. The number of aromatic nitrogens is 3. The van der Waals surface area contributed by atoms with Crippen molar-refractivity contribution in [2.45, 2.75) is 12.8 Å². The highest BCUT2D eigenvalue weighted by atomic mass is 32.1. The maximum Gasteiger partial charge on any atom is 0.147 e. The molecule has 0 N–H and O–H groups in total. The summed E-state index contributed by atoms with van der Waals surface area (Å²) in [5, 5.41) is 16.8. The third kappa shape index (κ3) is 5.59. The quantitative estimate of drug-likeness (QED) is 0.174. The van der Waals surface area contributed by atoms with Crippen LogP contribution in [-0.2, 0) is 6.42 Å². The Balaban J connectivity index is 1.14. The normalized spacial score (nSPS) is 13.8. The molecule has 242 valence electrons. The second-order valence-electron chi connectivity index (χ2n) is 12.7. The second kappa shape index (κ2) is 12.4. The molecule has 51 heavy (non-hydrogen) atoms. The van der Waals surface area contributed by atoms with Crippen molar-refractivity contribution in [1.82, 2.24) is 15.2 Å². The van der Waals surface area contributed by atoms with Crippen LogP contribution in [0.5, 0.6) is 0 Å². The fraction of sp³-hybridized carbons (Fsp3) is 0.0444. The Morgan fingerprint density at radius 3 is 2.04 bits per heavy atom. The molecule has 2 aromatic heterocycles. The van der Waals surface area contributed by atoms with Crippen molar-refractivity contribution in [2.24, 2.45) is 0 Å². The van der Waals surface area contributed by atoms with Crippen LogP contribution >= 0.6 is 22.7 Å². The lowest BCUT2D eigenvalue weighted by Gasteiger charge is -2.27. The fourth-order valence-corrected chi connectivity index (χ4v) is 8.19. The molecule has 9 aromatic rings. The summed E-state index contributed by atoms with van der Waals surface area (Å²) >= 11 is 3.10. The summed E-state index contributed by atoms with van der Waals surface area (Å²) in [7, 11) is 0. The van der Waals surface area contributed by atoms with Gasteiger partial charge in [-0.25, -0.2) is 4.98 Å². The molecule has 2 heterocycles. The van der Waals surface area contributed by atoms with Gasteiger partial charge in [-0.05, 0) is 122 Å². The molecule has 0 aliphatic heterocycles. The van der Waals surface area contributed by atoms with Crippen LogP contribution < -0.4 is 4.90 Å². The van der Waals surface area contributed by atoms with Crippen LogP contribution in [0.2, 0.25) is 0 Å². The largest absolute Gasteiger partial charge is 0.310 e. The topological polar surface area (TPSA) is 41.9 Å². The van der Waals surface area contributed by atoms with E-state index in [9.17, 15) is 5.48 Å². The third-order valence-electron chi connectivity index (χ3n) is 9.56. The number of nitrogens with zero attached hydrogens (tertiary/aromatic N) is 4. The smallest absolute Gasteiger partial charge is 0.147 e. The molecule has 6 heteroatoms. The highest BCUT2D eigenvalue weighted by Gasteiger charge is 2.17. The molecule has 0 fully saturated rings. The summed E-state index contributed by atoms with van der Waals surface area (Å²) in [6.07, 6.45) is 5.52. The van der Waals surface area contributed by atoms with Gasteiger partial charge in [0.1, 0.15) is 15.5 Å². The van der Waals surface area contributed by atoms with Crippen LogP contribution in [0.15, 0.2) is 150 Å². The van der Waals surface area contributed by atoms with E-state index in [2.05, 4.69) is 88.0 Å². The molecule has 0 bridgehead atoms. The molecule has 4 nitrogen and oxygen atoms in total. The van der Waals surface area contributed by atoms with Crippen LogP contribution in [0.25, 0.3) is 65.1 Å². The minimum absolute atomic E-state index is 0.102. The highest BCUT2D eigenvalue weighted by molar-refractivity contribution is 7.13. The van der Waals surface area contributed by atoms with Crippen LogP contribution in [0.4, 0.5) is 17.1 Å². The van der Waals surface area contributed by atoms with Gasteiger partial charge in [0.05, 0.1) is 5.48 Å². The summed E-state index contributed by atoms with van der Waals surface area (Å²) in [4.78, 5) is 6.50. The van der Waals surface area contributed by atoms with Crippen molar-refractivity contribution < 1.29 is 5.48 Å². The Labute approximate surface area is 309 Å². The Hall–Kier alpha value is -5.95. The van der Waals surface area contributed by atoms with Crippen LogP contribution in [0.1, 0.15) is 28.6 Å². The zero-order chi connectivity index (χ0) is 37.2. The van der Waals surface area contributed by atoms with Gasteiger partial charge in [0, 0.05) is 39.8 Å². The minimum Gasteiger partial charge on any atom is -0.310 e. The van der Waals surface area contributed by atoms with Crippen LogP contribution in [0.3, 0.4) is 0 Å². The predicted octanol–water partition coefficient (Wildman–Crippen LogP) is 12.7. The third-order valence-corrected chi connectivity index (χ3v) is 11.1. The van der Waals surface area contributed by atoms with E-state index in [1.807, 2.05) is 46.8 Å². The number of fused-ring (bicyclic) bond motifs is 4. The summed E-state index contributed by atoms with van der Waals surface area (Å²) in [6, 6.07) is 37.2. The standard InChI is InChI=1S/C45H30N4S2/c1-2-4-30-21-31(6-5-29(30)3-1)32-7-8-36-25-41(16-13-33(36)22-32)49(42-17-14-34-23-39(11-9-37(34)26-42)44-46-19-20-50-44)43-18-15-35-24-40(12-10-38(35)27-43)45-48-47-28-51-45/h1-4,7-28H,5-6H2/i8D,13D,22D,25D. The Morgan fingerprint density at radius 2 is 1.29 bits per heavy atom. The monoisotopic (exact) mass is 694 g/mol. The van der Waals surface area contributed by atoms with E-state index in [1.54, 1.807) is 29.0 Å². The van der Waals surface area contributed by atoms with Gasteiger partial charge >= 0.3 is 0 Å². The van der Waals surface area contributed by atoms with Crippen LogP contribution in [-0.4, -0.2) is 15.2 Å². The lowest BCUT2D eigenvalue weighted by atomic mass is 9.88. The zero-order valence-electron chi connectivity index (χ0n) is 31.2. The van der Waals surface area contributed by atoms with Crippen molar-refractivity contribution in [3.63, 3.8) is 0 Å². The van der Waals surface area contributed by atoms with E-state index in [4.69, 9.17) is 0 Å². The molecule has 0 saturated heterocycles. The van der Waals surface area contributed by atoms with Gasteiger partial charge in [0.2, 0.25) is 0 Å². The molecule has 10 rings (SSSR count). The van der Waals surface area contributed by atoms with Crippen molar-refractivity contribution in [3.8, 4) is 21.1 Å². The lowest BCUT2D eigenvalue weighted by Crippen LogP contribution is -2.10. The molecular weight excluding hydrogens is 661 g/mol. The lowest BCUT2D eigenvalue weighted by molar-refractivity contribution is 1.00. The van der Waals surface area contributed by atoms with E-state index in [1.165, 1.54) is 16.9 Å². The maximum absolute atomic E-state index is 9.70. The SMILES string of the molecule is [2H]c1cc(N(c2ccc3cc(-c4nccs4)ccc3c2)c2ccc3cc(-c4nncs4)ccc3c2)c([2H])c2c([2H])cc(C3=Cc4ccccc4CC3)c([2H])c12. The summed E-state index contributed by atoms with van der Waals surface area (Å²) in [6.45, 7) is 0. The van der Waals surface area contributed by atoms with E-state index in [-0.39, 0.29) is 24.2 Å². The molecule has 1 aliphatic carbocycles. The number of hydrogen-bond donors (Lipinski definition) is 0. The second-order valence-corrected chi connectivity index (χ2v) is 14.4. The Kier molecular flexibility index (Phi) is 6.32. The number of anilines is 3. The highest BCUT2D eigenvalue weighted by Crippen LogP contribution is 2.40. The first kappa shape index (κ1) is 25.9. The molecule has 0 atom stereocenters. The van der Waals surface area contributed by atoms with Crippen molar-refractivity contribution >= 4 is 83.7 Å². The van der Waals surface area contributed by atoms with Gasteiger partial charge in [-0.15, -0.1) is 21.5 Å². The summed E-state index contributed by atoms with van der Waals surface area (Å²) in [5.41, 5.74) is 9.88. The number of allylic oxidation sites excluding steroid dienone is 1. The van der Waals surface area contributed by atoms with E-state index in [0.29, 0.717) is 22.0 Å².